The van der Waals surface area contributed by atoms with Crippen molar-refractivity contribution in [3.63, 3.8) is 0 Å². The lowest BCUT2D eigenvalue weighted by Crippen LogP contribution is -2.26. The van der Waals surface area contributed by atoms with Gasteiger partial charge in [-0.05, 0) is 31.4 Å². The van der Waals surface area contributed by atoms with Gasteiger partial charge in [-0.2, -0.15) is 0 Å². The topological polar surface area (TPSA) is 18.5 Å². The predicted molar refractivity (Wildman–Crippen MR) is 105 cm³/mol. The van der Waals surface area contributed by atoms with Crippen LogP contribution in [0.25, 0.3) is 9.40 Å². The number of hydrogen-bond acceptors (Lipinski definition) is 4. The maximum absolute atomic E-state index is 5.90. The first-order chi connectivity index (χ1) is 11.8. The molecule has 0 atom stereocenters. The summed E-state index contributed by atoms with van der Waals surface area (Å²) >= 11 is 3.82. The van der Waals surface area contributed by atoms with Crippen molar-refractivity contribution in [2.45, 2.75) is 71.5 Å². The lowest BCUT2D eigenvalue weighted by atomic mass is 10.1. The van der Waals surface area contributed by atoms with Crippen molar-refractivity contribution >= 4 is 32.1 Å². The Bertz CT molecular complexity index is 577. The molecule has 0 bridgehead atoms. The van der Waals surface area contributed by atoms with Crippen LogP contribution in [0.15, 0.2) is 12.1 Å². The third kappa shape index (κ3) is 4.81. The van der Waals surface area contributed by atoms with Crippen LogP contribution >= 0.6 is 22.7 Å². The average Bonchev–Trinajstić information content (AvgIpc) is 3.16. The molecule has 1 aliphatic rings. The largest absolute Gasteiger partial charge is 0.347 e. The third-order valence-corrected chi connectivity index (χ3v) is 7.31. The molecule has 3 rings (SSSR count). The van der Waals surface area contributed by atoms with Gasteiger partial charge in [-0.3, -0.25) is 0 Å². The molecule has 1 aliphatic heterocycles. The lowest BCUT2D eigenvalue weighted by Gasteiger charge is -2.28. The second kappa shape index (κ2) is 9.33. The summed E-state index contributed by atoms with van der Waals surface area (Å²) in [6.45, 7) is 6.13. The maximum Gasteiger partial charge on any atom is 0.193 e. The van der Waals surface area contributed by atoms with Gasteiger partial charge in [0.15, 0.2) is 6.29 Å². The van der Waals surface area contributed by atoms with Gasteiger partial charge in [-0.1, -0.05) is 46.0 Å². The Balaban J connectivity index is 1.48. The van der Waals surface area contributed by atoms with Crippen LogP contribution in [0.4, 0.5) is 0 Å². The van der Waals surface area contributed by atoms with E-state index in [1.807, 2.05) is 22.7 Å². The summed E-state index contributed by atoms with van der Waals surface area (Å²) in [6, 6.07) is 4.65. The van der Waals surface area contributed by atoms with Gasteiger partial charge < -0.3 is 9.47 Å². The molecule has 0 aromatic carbocycles. The third-order valence-electron chi connectivity index (χ3n) is 4.84. The number of rotatable bonds is 9. The number of hydrogen-bond donors (Lipinski definition) is 0. The SMILES string of the molecule is CCCCCCCCc1cc2cc(C3OCC(CC)CO3)sc2s1. The molecule has 0 amide bonds. The molecular weight excluding hydrogens is 336 g/mol. The fourth-order valence-corrected chi connectivity index (χ4v) is 5.72. The molecule has 0 aliphatic carbocycles. The van der Waals surface area contributed by atoms with E-state index in [1.165, 1.54) is 64.1 Å². The molecule has 4 heteroatoms. The van der Waals surface area contributed by atoms with Gasteiger partial charge >= 0.3 is 0 Å². The quantitative estimate of drug-likeness (QED) is 0.448. The number of thiophene rings is 2. The summed E-state index contributed by atoms with van der Waals surface area (Å²) in [4.78, 5) is 2.77. The average molecular weight is 367 g/mol. The summed E-state index contributed by atoms with van der Waals surface area (Å²) in [5, 5.41) is 1.38. The predicted octanol–water partition coefficient (Wildman–Crippen LogP) is 6.94. The summed E-state index contributed by atoms with van der Waals surface area (Å²) in [5.41, 5.74) is 0. The molecule has 2 nitrogen and oxygen atoms in total. The van der Waals surface area contributed by atoms with Crippen LogP contribution < -0.4 is 0 Å². The second-order valence-electron chi connectivity index (χ2n) is 6.89. The molecule has 0 unspecified atom stereocenters. The minimum absolute atomic E-state index is 0.139. The number of unbranched alkanes of at least 4 members (excludes halogenated alkanes) is 5. The molecular formula is C20H30O2S2. The summed E-state index contributed by atoms with van der Waals surface area (Å²) in [7, 11) is 0. The maximum atomic E-state index is 5.90. The zero-order chi connectivity index (χ0) is 16.8. The van der Waals surface area contributed by atoms with Crippen molar-refractivity contribution in [1.82, 2.24) is 0 Å². The molecule has 3 heterocycles. The van der Waals surface area contributed by atoms with E-state index in [0.717, 1.165) is 19.6 Å². The summed E-state index contributed by atoms with van der Waals surface area (Å²) in [5.74, 6) is 0.561. The summed E-state index contributed by atoms with van der Waals surface area (Å²) < 4.78 is 13.2. The Hall–Kier alpha value is -0.420. The number of ether oxygens (including phenoxy) is 2. The molecule has 1 saturated heterocycles. The Labute approximate surface area is 154 Å². The number of fused-ring (bicyclic) bond motifs is 1. The zero-order valence-corrected chi connectivity index (χ0v) is 16.6. The van der Waals surface area contributed by atoms with Crippen molar-refractivity contribution in [3.05, 3.63) is 21.9 Å². The van der Waals surface area contributed by atoms with Crippen LogP contribution in [0.2, 0.25) is 0 Å². The highest BCUT2D eigenvalue weighted by Crippen LogP contribution is 2.39. The minimum atomic E-state index is -0.139. The minimum Gasteiger partial charge on any atom is -0.347 e. The summed E-state index contributed by atoms with van der Waals surface area (Å²) in [6.07, 6.45) is 10.5. The Morgan fingerprint density at radius 2 is 1.71 bits per heavy atom. The molecule has 1 fully saturated rings. The van der Waals surface area contributed by atoms with Gasteiger partial charge in [-0.15, -0.1) is 22.7 Å². The van der Waals surface area contributed by atoms with Crippen LogP contribution in [-0.2, 0) is 15.9 Å². The second-order valence-corrected chi connectivity index (χ2v) is 9.37. The van der Waals surface area contributed by atoms with Crippen molar-refractivity contribution in [2.75, 3.05) is 13.2 Å². The van der Waals surface area contributed by atoms with Crippen molar-refractivity contribution in [3.8, 4) is 0 Å². The molecule has 134 valence electrons. The Morgan fingerprint density at radius 3 is 2.42 bits per heavy atom. The highest BCUT2D eigenvalue weighted by atomic mass is 32.2. The van der Waals surface area contributed by atoms with Gasteiger partial charge in [0.2, 0.25) is 0 Å². The van der Waals surface area contributed by atoms with Crippen LogP contribution in [0.1, 0.15) is 74.8 Å². The van der Waals surface area contributed by atoms with E-state index in [1.54, 1.807) is 0 Å². The van der Waals surface area contributed by atoms with Gasteiger partial charge in [0, 0.05) is 16.2 Å². The van der Waals surface area contributed by atoms with E-state index in [0.29, 0.717) is 5.92 Å². The molecule has 24 heavy (non-hydrogen) atoms. The van der Waals surface area contributed by atoms with E-state index in [-0.39, 0.29) is 6.29 Å². The van der Waals surface area contributed by atoms with E-state index in [4.69, 9.17) is 9.47 Å². The molecule has 0 saturated carbocycles. The molecule has 2 aromatic rings. The van der Waals surface area contributed by atoms with E-state index >= 15 is 0 Å². The molecule has 0 N–H and O–H groups in total. The molecule has 0 spiro atoms. The fourth-order valence-electron chi connectivity index (χ4n) is 3.17. The fraction of sp³-hybridized carbons (Fsp3) is 0.700. The van der Waals surface area contributed by atoms with Gasteiger partial charge in [-0.25, -0.2) is 0 Å². The first-order valence-electron chi connectivity index (χ1n) is 9.55. The normalized spacial score (nSPS) is 21.6. The van der Waals surface area contributed by atoms with Crippen molar-refractivity contribution < 1.29 is 9.47 Å². The zero-order valence-electron chi connectivity index (χ0n) is 15.0. The van der Waals surface area contributed by atoms with Crippen LogP contribution in [0.5, 0.6) is 0 Å². The van der Waals surface area contributed by atoms with Gasteiger partial charge in [0.1, 0.15) is 0 Å². The monoisotopic (exact) mass is 366 g/mol. The molecule has 0 radical (unpaired) electrons. The van der Waals surface area contributed by atoms with E-state index in [2.05, 4.69) is 26.0 Å². The number of aryl methyl sites for hydroxylation is 1. The first kappa shape index (κ1) is 18.4. The highest BCUT2D eigenvalue weighted by Gasteiger charge is 2.24. The van der Waals surface area contributed by atoms with Crippen molar-refractivity contribution in [1.29, 1.82) is 0 Å². The Kier molecular flexibility index (Phi) is 7.14. The van der Waals surface area contributed by atoms with Crippen LogP contribution in [0.3, 0.4) is 0 Å². The molecule has 2 aromatic heterocycles. The van der Waals surface area contributed by atoms with Gasteiger partial charge in [0.25, 0.3) is 0 Å². The van der Waals surface area contributed by atoms with Crippen LogP contribution in [-0.4, -0.2) is 13.2 Å². The smallest absolute Gasteiger partial charge is 0.193 e. The Morgan fingerprint density at radius 1 is 0.958 bits per heavy atom. The first-order valence-corrected chi connectivity index (χ1v) is 11.2. The van der Waals surface area contributed by atoms with Crippen LogP contribution in [0, 0.1) is 5.92 Å². The van der Waals surface area contributed by atoms with Crippen molar-refractivity contribution in [2.24, 2.45) is 5.92 Å². The standard InChI is InChI=1S/C20H30O2S2/c1-3-5-6-7-8-9-10-17-11-16-12-18(24-20(16)23-17)19-21-13-15(4-2)14-22-19/h11-12,15,19H,3-10,13-14H2,1-2H3. The van der Waals surface area contributed by atoms with Gasteiger partial charge in [0.05, 0.1) is 22.1 Å². The lowest BCUT2D eigenvalue weighted by molar-refractivity contribution is -0.203. The highest BCUT2D eigenvalue weighted by molar-refractivity contribution is 7.38. The van der Waals surface area contributed by atoms with E-state index < -0.39 is 0 Å². The van der Waals surface area contributed by atoms with E-state index in [9.17, 15) is 0 Å².